The number of halogens is 1. The van der Waals surface area contributed by atoms with Crippen molar-refractivity contribution in [3.05, 3.63) is 28.8 Å². The summed E-state index contributed by atoms with van der Waals surface area (Å²) >= 11 is 5.99. The van der Waals surface area contributed by atoms with Crippen LogP contribution in [-0.4, -0.2) is 32.4 Å². The van der Waals surface area contributed by atoms with Crippen LogP contribution in [0.4, 0.5) is 0 Å². The first-order valence-corrected chi connectivity index (χ1v) is 5.82. The zero-order valence-electron chi connectivity index (χ0n) is 9.28. The molecule has 0 aromatic heterocycles. The highest BCUT2D eigenvalue weighted by atomic mass is 35.5. The van der Waals surface area contributed by atoms with Crippen molar-refractivity contribution in [1.29, 1.82) is 5.26 Å². The second-order valence-corrected chi connectivity index (χ2v) is 4.17. The summed E-state index contributed by atoms with van der Waals surface area (Å²) in [5.74, 6) is 0.583. The SMILES string of the molecule is N#Cc1ccc(OCC2CNCCO2)c(Cl)c1. The fourth-order valence-corrected chi connectivity index (χ4v) is 1.83. The number of ether oxygens (including phenoxy) is 2. The van der Waals surface area contributed by atoms with Gasteiger partial charge in [-0.25, -0.2) is 0 Å². The molecule has 0 radical (unpaired) electrons. The summed E-state index contributed by atoms with van der Waals surface area (Å²) in [4.78, 5) is 0. The van der Waals surface area contributed by atoms with Crippen LogP contribution in [0.2, 0.25) is 5.02 Å². The van der Waals surface area contributed by atoms with Gasteiger partial charge in [0.05, 0.1) is 23.3 Å². The molecule has 1 aromatic rings. The van der Waals surface area contributed by atoms with E-state index < -0.39 is 0 Å². The summed E-state index contributed by atoms with van der Waals surface area (Å²) in [6.45, 7) is 2.83. The standard InChI is InChI=1S/C12H13ClN2O2/c13-11-5-9(6-14)1-2-12(11)17-8-10-7-15-3-4-16-10/h1-2,5,10,15H,3-4,7-8H2. The number of nitrogens with zero attached hydrogens (tertiary/aromatic N) is 1. The molecule has 90 valence electrons. The Kier molecular flexibility index (Phi) is 4.21. The zero-order chi connectivity index (χ0) is 12.1. The van der Waals surface area contributed by atoms with Crippen LogP contribution in [0.25, 0.3) is 0 Å². The second-order valence-electron chi connectivity index (χ2n) is 3.76. The Morgan fingerprint density at radius 2 is 2.47 bits per heavy atom. The van der Waals surface area contributed by atoms with Crippen molar-refractivity contribution >= 4 is 11.6 Å². The van der Waals surface area contributed by atoms with Crippen molar-refractivity contribution in [3.8, 4) is 11.8 Å². The second kappa shape index (κ2) is 5.87. The van der Waals surface area contributed by atoms with Crippen LogP contribution in [0.15, 0.2) is 18.2 Å². The minimum Gasteiger partial charge on any atom is -0.489 e. The zero-order valence-corrected chi connectivity index (χ0v) is 10.0. The van der Waals surface area contributed by atoms with E-state index in [9.17, 15) is 0 Å². The van der Waals surface area contributed by atoms with Crippen molar-refractivity contribution in [2.75, 3.05) is 26.3 Å². The quantitative estimate of drug-likeness (QED) is 0.888. The minimum absolute atomic E-state index is 0.0514. The summed E-state index contributed by atoms with van der Waals surface area (Å²) in [6.07, 6.45) is 0.0514. The van der Waals surface area contributed by atoms with E-state index in [0.29, 0.717) is 29.5 Å². The number of nitrogens with one attached hydrogen (secondary N) is 1. The lowest BCUT2D eigenvalue weighted by Gasteiger charge is -2.23. The predicted molar refractivity (Wildman–Crippen MR) is 64.3 cm³/mol. The maximum absolute atomic E-state index is 8.71. The summed E-state index contributed by atoms with van der Waals surface area (Å²) in [5, 5.41) is 12.4. The largest absolute Gasteiger partial charge is 0.489 e. The Morgan fingerprint density at radius 1 is 1.59 bits per heavy atom. The monoisotopic (exact) mass is 252 g/mol. The number of benzene rings is 1. The smallest absolute Gasteiger partial charge is 0.138 e. The van der Waals surface area contributed by atoms with Gasteiger partial charge >= 0.3 is 0 Å². The Bertz CT molecular complexity index is 425. The fourth-order valence-electron chi connectivity index (χ4n) is 1.60. The number of rotatable bonds is 3. The molecule has 0 spiro atoms. The maximum Gasteiger partial charge on any atom is 0.138 e. The van der Waals surface area contributed by atoms with E-state index in [-0.39, 0.29) is 6.10 Å². The van der Waals surface area contributed by atoms with E-state index >= 15 is 0 Å². The van der Waals surface area contributed by atoms with Gasteiger partial charge in [-0.15, -0.1) is 0 Å². The van der Waals surface area contributed by atoms with Gasteiger partial charge in [0.25, 0.3) is 0 Å². The van der Waals surface area contributed by atoms with Crippen molar-refractivity contribution < 1.29 is 9.47 Å². The number of hydrogen-bond donors (Lipinski definition) is 1. The van der Waals surface area contributed by atoms with Crippen LogP contribution < -0.4 is 10.1 Å². The lowest BCUT2D eigenvalue weighted by molar-refractivity contribution is 0.000217. The highest BCUT2D eigenvalue weighted by molar-refractivity contribution is 6.32. The molecule has 1 aliphatic rings. The molecule has 1 fully saturated rings. The van der Waals surface area contributed by atoms with Gasteiger partial charge in [-0.05, 0) is 18.2 Å². The Hall–Kier alpha value is -1.28. The molecule has 1 aliphatic heterocycles. The lowest BCUT2D eigenvalue weighted by atomic mass is 10.2. The Labute approximate surface area is 105 Å². The van der Waals surface area contributed by atoms with Crippen LogP contribution in [-0.2, 0) is 4.74 Å². The highest BCUT2D eigenvalue weighted by Gasteiger charge is 2.14. The van der Waals surface area contributed by atoms with E-state index in [4.69, 9.17) is 26.3 Å². The van der Waals surface area contributed by atoms with Gasteiger partial charge in [0.2, 0.25) is 0 Å². The third kappa shape index (κ3) is 3.34. The lowest BCUT2D eigenvalue weighted by Crippen LogP contribution is -2.41. The Morgan fingerprint density at radius 3 is 3.12 bits per heavy atom. The molecular weight excluding hydrogens is 240 g/mol. The summed E-state index contributed by atoms with van der Waals surface area (Å²) in [6, 6.07) is 7.01. The molecule has 17 heavy (non-hydrogen) atoms. The third-order valence-corrected chi connectivity index (χ3v) is 2.79. The van der Waals surface area contributed by atoms with Gasteiger partial charge in [-0.2, -0.15) is 5.26 Å². The number of morpholine rings is 1. The molecule has 4 nitrogen and oxygen atoms in total. The minimum atomic E-state index is 0.0514. The molecular formula is C12H13ClN2O2. The van der Waals surface area contributed by atoms with E-state index in [1.807, 2.05) is 6.07 Å². The van der Waals surface area contributed by atoms with Crippen LogP contribution in [0.3, 0.4) is 0 Å². The van der Waals surface area contributed by atoms with Gasteiger partial charge < -0.3 is 14.8 Å². The highest BCUT2D eigenvalue weighted by Crippen LogP contribution is 2.25. The normalized spacial score (nSPS) is 19.6. The van der Waals surface area contributed by atoms with Crippen LogP contribution in [0, 0.1) is 11.3 Å². The average Bonchev–Trinajstić information content (AvgIpc) is 2.38. The summed E-state index contributed by atoms with van der Waals surface area (Å²) in [5.41, 5.74) is 0.526. The first kappa shape index (κ1) is 12.2. The van der Waals surface area contributed by atoms with E-state index in [1.54, 1.807) is 18.2 Å². The van der Waals surface area contributed by atoms with Crippen molar-refractivity contribution in [2.24, 2.45) is 0 Å². The molecule has 1 heterocycles. The van der Waals surface area contributed by atoms with Gasteiger partial charge in [0, 0.05) is 13.1 Å². The molecule has 5 heteroatoms. The average molecular weight is 253 g/mol. The molecule has 1 unspecified atom stereocenters. The third-order valence-electron chi connectivity index (χ3n) is 2.49. The van der Waals surface area contributed by atoms with E-state index in [0.717, 1.165) is 13.1 Å². The molecule has 0 bridgehead atoms. The molecule has 1 saturated heterocycles. The molecule has 0 aliphatic carbocycles. The first-order valence-electron chi connectivity index (χ1n) is 5.44. The van der Waals surface area contributed by atoms with Gasteiger partial charge in [-0.3, -0.25) is 0 Å². The van der Waals surface area contributed by atoms with E-state index in [1.165, 1.54) is 0 Å². The molecule has 1 atom stereocenters. The van der Waals surface area contributed by atoms with Gasteiger partial charge in [-0.1, -0.05) is 11.6 Å². The molecule has 0 saturated carbocycles. The molecule has 1 aromatic carbocycles. The van der Waals surface area contributed by atoms with Crippen LogP contribution in [0.1, 0.15) is 5.56 Å². The van der Waals surface area contributed by atoms with Crippen LogP contribution in [0.5, 0.6) is 5.75 Å². The number of hydrogen-bond acceptors (Lipinski definition) is 4. The van der Waals surface area contributed by atoms with Gasteiger partial charge in [0.1, 0.15) is 18.5 Å². The van der Waals surface area contributed by atoms with Crippen molar-refractivity contribution in [2.45, 2.75) is 6.10 Å². The topological polar surface area (TPSA) is 54.3 Å². The van der Waals surface area contributed by atoms with E-state index in [2.05, 4.69) is 5.32 Å². The first-order chi connectivity index (χ1) is 8.29. The summed E-state index contributed by atoms with van der Waals surface area (Å²) < 4.78 is 11.1. The molecule has 0 amide bonds. The van der Waals surface area contributed by atoms with Crippen molar-refractivity contribution in [3.63, 3.8) is 0 Å². The predicted octanol–water partition coefficient (Wildman–Crippen LogP) is 1.58. The molecule has 2 rings (SSSR count). The fraction of sp³-hybridized carbons (Fsp3) is 0.417. The van der Waals surface area contributed by atoms with Gasteiger partial charge in [0.15, 0.2) is 0 Å². The van der Waals surface area contributed by atoms with Crippen molar-refractivity contribution in [1.82, 2.24) is 5.32 Å². The maximum atomic E-state index is 8.71. The summed E-state index contributed by atoms with van der Waals surface area (Å²) in [7, 11) is 0. The van der Waals surface area contributed by atoms with Crippen LogP contribution >= 0.6 is 11.6 Å². The number of nitriles is 1. The molecule has 1 N–H and O–H groups in total. The Balaban J connectivity index is 1.92.